The summed E-state index contributed by atoms with van der Waals surface area (Å²) >= 11 is 0. The molecular formula is C20H25N3O5. The summed E-state index contributed by atoms with van der Waals surface area (Å²) in [6.07, 6.45) is 4.19. The molecule has 2 rings (SSSR count). The van der Waals surface area contributed by atoms with Crippen molar-refractivity contribution in [1.29, 1.82) is 0 Å². The molecule has 0 fully saturated rings. The maximum absolute atomic E-state index is 12.6. The monoisotopic (exact) mass is 387 g/mol. The van der Waals surface area contributed by atoms with Crippen molar-refractivity contribution in [2.75, 3.05) is 20.8 Å². The van der Waals surface area contributed by atoms with Gasteiger partial charge in [0.1, 0.15) is 0 Å². The second-order valence-corrected chi connectivity index (χ2v) is 6.22. The van der Waals surface area contributed by atoms with Crippen LogP contribution in [-0.4, -0.2) is 40.7 Å². The average molecular weight is 387 g/mol. The van der Waals surface area contributed by atoms with E-state index in [2.05, 4.69) is 0 Å². The van der Waals surface area contributed by atoms with E-state index >= 15 is 0 Å². The molecule has 0 atom stereocenters. The number of ether oxygens (including phenoxy) is 2. The highest BCUT2D eigenvalue weighted by Gasteiger charge is 2.12. The van der Waals surface area contributed by atoms with Gasteiger partial charge in [-0.05, 0) is 30.7 Å². The number of likely N-dealkylation sites (N-methyl/N-ethyl adjacent to an activating group) is 1. The van der Waals surface area contributed by atoms with Gasteiger partial charge in [-0.25, -0.2) is 4.79 Å². The minimum absolute atomic E-state index is 0.242. The minimum Gasteiger partial charge on any atom is -0.493 e. The summed E-state index contributed by atoms with van der Waals surface area (Å²) in [5.41, 5.74) is 0.284. The molecule has 0 aliphatic heterocycles. The molecule has 0 aliphatic carbocycles. The molecule has 150 valence electrons. The molecule has 0 saturated heterocycles. The average Bonchev–Trinajstić information content (AvgIpc) is 2.71. The van der Waals surface area contributed by atoms with Crippen LogP contribution < -0.4 is 20.7 Å². The highest BCUT2D eigenvalue weighted by atomic mass is 16.5. The van der Waals surface area contributed by atoms with Gasteiger partial charge < -0.3 is 18.9 Å². The zero-order chi connectivity index (χ0) is 20.8. The van der Waals surface area contributed by atoms with E-state index in [1.807, 2.05) is 19.1 Å². The van der Waals surface area contributed by atoms with Crippen LogP contribution in [0.4, 0.5) is 0 Å². The van der Waals surface area contributed by atoms with Crippen LogP contribution in [-0.2, 0) is 25.4 Å². The molecule has 28 heavy (non-hydrogen) atoms. The normalized spacial score (nSPS) is 10.9. The molecule has 1 amide bonds. The highest BCUT2D eigenvalue weighted by Crippen LogP contribution is 2.28. The van der Waals surface area contributed by atoms with Crippen LogP contribution in [0.1, 0.15) is 18.1 Å². The smallest absolute Gasteiger partial charge is 0.330 e. The van der Waals surface area contributed by atoms with Gasteiger partial charge in [0.15, 0.2) is 11.5 Å². The lowest BCUT2D eigenvalue weighted by molar-refractivity contribution is -0.126. The summed E-state index contributed by atoms with van der Waals surface area (Å²) in [4.78, 5) is 38.1. The molecule has 2 aromatic rings. The van der Waals surface area contributed by atoms with Crippen LogP contribution in [0, 0.1) is 0 Å². The molecule has 0 spiro atoms. The summed E-state index contributed by atoms with van der Waals surface area (Å²) in [6, 6.07) is 5.47. The Morgan fingerprint density at radius 1 is 1.14 bits per heavy atom. The zero-order valence-corrected chi connectivity index (χ0v) is 16.8. The Hall–Kier alpha value is -3.29. The van der Waals surface area contributed by atoms with Crippen molar-refractivity contribution in [3.05, 3.63) is 62.4 Å². The van der Waals surface area contributed by atoms with Gasteiger partial charge in [-0.2, -0.15) is 0 Å². The number of hydrogen-bond acceptors (Lipinski definition) is 5. The van der Waals surface area contributed by atoms with E-state index in [9.17, 15) is 14.4 Å². The Kier molecular flexibility index (Phi) is 6.81. The summed E-state index contributed by atoms with van der Waals surface area (Å²) in [5, 5.41) is 0. The van der Waals surface area contributed by atoms with Crippen molar-refractivity contribution < 1.29 is 14.3 Å². The largest absolute Gasteiger partial charge is 0.493 e. The van der Waals surface area contributed by atoms with Gasteiger partial charge in [0.2, 0.25) is 5.91 Å². The Morgan fingerprint density at radius 3 is 2.43 bits per heavy atom. The van der Waals surface area contributed by atoms with Crippen molar-refractivity contribution in [3.63, 3.8) is 0 Å². The molecule has 1 aromatic carbocycles. The van der Waals surface area contributed by atoms with E-state index < -0.39 is 11.2 Å². The lowest BCUT2D eigenvalue weighted by Gasteiger charge is -2.20. The molecule has 0 N–H and O–H groups in total. The first-order valence-electron chi connectivity index (χ1n) is 8.76. The van der Waals surface area contributed by atoms with E-state index in [1.165, 1.54) is 30.0 Å². The van der Waals surface area contributed by atoms with Gasteiger partial charge in [-0.3, -0.25) is 14.2 Å². The van der Waals surface area contributed by atoms with E-state index in [1.54, 1.807) is 32.2 Å². The quantitative estimate of drug-likeness (QED) is 0.666. The van der Waals surface area contributed by atoms with Gasteiger partial charge in [-0.1, -0.05) is 6.07 Å². The Labute approximate surface area is 163 Å². The first kappa shape index (κ1) is 21.0. The molecule has 0 bridgehead atoms. The standard InChI is InChI=1S/C20H25N3O5/c1-6-23(12-14-7-9-16(27-4)17(11-14)28-5)18(24)10-8-15-13-21(2)20(26)22(3)19(15)25/h7-11,13H,6,12H2,1-5H3/b10-8+. The first-order valence-corrected chi connectivity index (χ1v) is 8.76. The molecule has 8 heteroatoms. The van der Waals surface area contributed by atoms with Crippen molar-refractivity contribution in [1.82, 2.24) is 14.0 Å². The molecule has 0 aliphatic rings. The lowest BCUT2D eigenvalue weighted by atomic mass is 10.2. The van der Waals surface area contributed by atoms with Crippen molar-refractivity contribution >= 4 is 12.0 Å². The third-order valence-electron chi connectivity index (χ3n) is 4.39. The summed E-state index contributed by atoms with van der Waals surface area (Å²) < 4.78 is 12.8. The summed E-state index contributed by atoms with van der Waals surface area (Å²) in [5.74, 6) is 0.965. The predicted molar refractivity (Wildman–Crippen MR) is 107 cm³/mol. The van der Waals surface area contributed by atoms with Crippen LogP contribution in [0.3, 0.4) is 0 Å². The number of carbonyl (C=O) groups excluding carboxylic acids is 1. The number of hydrogen-bond donors (Lipinski definition) is 0. The second kappa shape index (κ2) is 9.07. The van der Waals surface area contributed by atoms with Gasteiger partial charge >= 0.3 is 5.69 Å². The number of benzene rings is 1. The number of aryl methyl sites for hydroxylation is 1. The fourth-order valence-corrected chi connectivity index (χ4v) is 2.76. The molecule has 0 saturated carbocycles. The van der Waals surface area contributed by atoms with Crippen LogP contribution in [0.5, 0.6) is 11.5 Å². The number of methoxy groups -OCH3 is 2. The molecule has 0 radical (unpaired) electrons. The fourth-order valence-electron chi connectivity index (χ4n) is 2.76. The number of nitrogens with zero attached hydrogens (tertiary/aromatic N) is 3. The lowest BCUT2D eigenvalue weighted by Crippen LogP contribution is -2.37. The Morgan fingerprint density at radius 2 is 1.82 bits per heavy atom. The molecule has 1 aromatic heterocycles. The fraction of sp³-hybridized carbons (Fsp3) is 0.350. The van der Waals surface area contributed by atoms with E-state index in [-0.39, 0.29) is 11.5 Å². The third kappa shape index (κ3) is 4.51. The van der Waals surface area contributed by atoms with E-state index in [4.69, 9.17) is 9.47 Å². The van der Waals surface area contributed by atoms with Crippen LogP contribution >= 0.6 is 0 Å². The van der Waals surface area contributed by atoms with Crippen molar-refractivity contribution in [2.24, 2.45) is 14.1 Å². The Balaban J connectivity index is 2.22. The number of aromatic nitrogens is 2. The van der Waals surface area contributed by atoms with E-state index in [0.717, 1.165) is 10.1 Å². The van der Waals surface area contributed by atoms with Crippen molar-refractivity contribution in [3.8, 4) is 11.5 Å². The van der Waals surface area contributed by atoms with Crippen molar-refractivity contribution in [2.45, 2.75) is 13.5 Å². The number of carbonyl (C=O) groups is 1. The highest BCUT2D eigenvalue weighted by molar-refractivity contribution is 5.91. The Bertz CT molecular complexity index is 1000. The van der Waals surface area contributed by atoms with Crippen LogP contribution in [0.2, 0.25) is 0 Å². The summed E-state index contributed by atoms with van der Waals surface area (Å²) in [6.45, 7) is 2.74. The summed E-state index contributed by atoms with van der Waals surface area (Å²) in [7, 11) is 6.07. The molecule has 0 unspecified atom stereocenters. The number of amides is 1. The maximum atomic E-state index is 12.6. The van der Waals surface area contributed by atoms with Crippen LogP contribution in [0.25, 0.3) is 6.08 Å². The van der Waals surface area contributed by atoms with Gasteiger partial charge in [0.25, 0.3) is 5.56 Å². The molecule has 8 nitrogen and oxygen atoms in total. The maximum Gasteiger partial charge on any atom is 0.330 e. The third-order valence-corrected chi connectivity index (χ3v) is 4.39. The van der Waals surface area contributed by atoms with Crippen LogP contribution in [0.15, 0.2) is 40.1 Å². The minimum atomic E-state index is -0.449. The zero-order valence-electron chi connectivity index (χ0n) is 16.8. The van der Waals surface area contributed by atoms with Gasteiger partial charge in [0.05, 0.1) is 19.8 Å². The van der Waals surface area contributed by atoms with Gasteiger partial charge in [0, 0.05) is 39.5 Å². The second-order valence-electron chi connectivity index (χ2n) is 6.22. The number of rotatable bonds is 7. The molecular weight excluding hydrogens is 362 g/mol. The SMILES string of the molecule is CCN(Cc1ccc(OC)c(OC)c1)C(=O)/C=C/c1cn(C)c(=O)n(C)c1=O. The van der Waals surface area contributed by atoms with Gasteiger partial charge in [-0.15, -0.1) is 0 Å². The predicted octanol–water partition coefficient (Wildman–Crippen LogP) is 1.16. The molecule has 1 heterocycles. The topological polar surface area (TPSA) is 82.8 Å². The first-order chi connectivity index (χ1) is 13.3. The van der Waals surface area contributed by atoms with E-state index in [0.29, 0.717) is 24.6 Å².